The van der Waals surface area contributed by atoms with Crippen molar-refractivity contribution in [3.05, 3.63) is 346 Å². The topological polar surface area (TPSA) is 173 Å². The van der Waals surface area contributed by atoms with Crippen LogP contribution in [0.5, 0.6) is 0 Å². The van der Waals surface area contributed by atoms with E-state index in [9.17, 15) is 0 Å². The van der Waals surface area contributed by atoms with Gasteiger partial charge in [0.05, 0.1) is 11.0 Å². The summed E-state index contributed by atoms with van der Waals surface area (Å²) in [5.74, 6) is 4.59. The second-order valence-electron chi connectivity index (χ2n) is 30.0. The Bertz CT molecular complexity index is 8440. The van der Waals surface area contributed by atoms with Crippen LogP contribution in [0.15, 0.2) is 359 Å². The van der Waals surface area contributed by atoms with E-state index in [-0.39, 0.29) is 0 Å². The van der Waals surface area contributed by atoms with Crippen LogP contribution in [0.2, 0.25) is 0 Å². The van der Waals surface area contributed by atoms with E-state index in [0.717, 1.165) is 179 Å². The van der Waals surface area contributed by atoms with Crippen molar-refractivity contribution >= 4 is 151 Å². The Balaban J connectivity index is 0.637. The van der Waals surface area contributed by atoms with Crippen LogP contribution < -0.4 is 0 Å². The van der Waals surface area contributed by atoms with E-state index in [1.807, 2.05) is 164 Å². The van der Waals surface area contributed by atoms with Gasteiger partial charge < -0.3 is 17.8 Å². The van der Waals surface area contributed by atoms with Crippen LogP contribution in [0.1, 0.15) is 0 Å². The fraction of sp³-hybridized carbons (Fsp3) is 0. The number of benzene rings is 15. The molecule has 0 aliphatic rings. The molecule has 16 heteroatoms. The summed E-state index contributed by atoms with van der Waals surface area (Å²) < 4.78 is 27.3. The number of nitrogens with zero attached hydrogens (tertiary/aromatic N) is 11. The first-order valence-corrected chi connectivity index (χ1v) is 41.2. The van der Waals surface area contributed by atoms with E-state index in [0.29, 0.717) is 74.7 Å². The molecule has 0 saturated heterocycles. The van der Waals surface area contributed by atoms with Gasteiger partial charge in [0.1, 0.15) is 44.8 Å². The molecule has 0 atom stereocenters. The standard InChI is InChI=1S/C104H57N11O3S2/c1-6-24-58(25-7-1)97-109-98(59-26-8-2-9-27-59)112-103(111-97)76-39-23-43-84-88(76)74-49-45-64(55-85(74)119-84)101-105-90(95-92(107-101)72-35-17-20-41-81(72)117-95)62-47-51-83-77(52-62)71-38-22-37-68(94(71)116-83)66-53-78(104-113-99(60-28-10-3-11-29-60)110-100(114-104)61-30-12-4-13-31-61)89-75-50-46-65(56-86(75)120-87(89)57-66)102-106-91(96-93(108-102)73-36-18-21-42-82(73)118-96)63-44-48-70-69-34-16-19-40-79(69)115(80(70)54-63)67-32-14-5-15-33-67/h1-57H. The van der Waals surface area contributed by atoms with Gasteiger partial charge in [0, 0.05) is 140 Å². The SMILES string of the molecule is c1ccc(-c2nc(-c3ccccc3)nc(-c3cccc4sc5cc(-c6nc(-c7ccc8oc9c(-c%10cc(-c%11nc(-c%12ccccc%12)nc(-c%12ccccc%12)n%11)c%11c(c%10)sc%10cc(-c%12nc(-c%13ccc%14c%15ccccc%15n(-c%15ccccc%15)c%14c%13)c%13oc%14ccccc%14c%13n%12)ccc%10%11)cccc9c8c7)c7oc8ccccc8c7n6)ccc5c34)n2)cc1. The van der Waals surface area contributed by atoms with Crippen LogP contribution in [-0.4, -0.2) is 54.4 Å². The third-order valence-corrected chi connectivity index (χ3v) is 25.2. The summed E-state index contributed by atoms with van der Waals surface area (Å²) in [6.45, 7) is 0. The van der Waals surface area contributed by atoms with Crippen LogP contribution in [0, 0.1) is 0 Å². The lowest BCUT2D eigenvalue weighted by Crippen LogP contribution is -2.00. The Morgan fingerprint density at radius 1 is 0.208 bits per heavy atom. The van der Waals surface area contributed by atoms with Crippen molar-refractivity contribution in [2.24, 2.45) is 0 Å². The monoisotopic (exact) mass is 1570 g/mol. The lowest BCUT2D eigenvalue weighted by molar-refractivity contribution is 0.666. The van der Waals surface area contributed by atoms with Gasteiger partial charge in [-0.2, -0.15) is 0 Å². The van der Waals surface area contributed by atoms with Crippen molar-refractivity contribution in [2.45, 2.75) is 0 Å². The van der Waals surface area contributed by atoms with Crippen LogP contribution in [0.25, 0.3) is 259 Å². The largest absolute Gasteiger partial charge is 0.455 e. The molecule has 25 rings (SSSR count). The molecule has 558 valence electrons. The summed E-state index contributed by atoms with van der Waals surface area (Å²) in [7, 11) is 0. The molecule has 10 heterocycles. The predicted octanol–water partition coefficient (Wildman–Crippen LogP) is 27.5. The van der Waals surface area contributed by atoms with Crippen LogP contribution in [0.4, 0.5) is 0 Å². The Labute approximate surface area is 690 Å². The summed E-state index contributed by atoms with van der Waals surface area (Å²) in [6, 6.07) is 119. The maximum Gasteiger partial charge on any atom is 0.180 e. The first-order valence-electron chi connectivity index (χ1n) is 39.6. The Morgan fingerprint density at radius 2 is 0.617 bits per heavy atom. The highest BCUT2D eigenvalue weighted by atomic mass is 32.1. The van der Waals surface area contributed by atoms with Crippen molar-refractivity contribution in [1.29, 1.82) is 0 Å². The van der Waals surface area contributed by atoms with Crippen LogP contribution in [-0.2, 0) is 0 Å². The van der Waals surface area contributed by atoms with Crippen molar-refractivity contribution < 1.29 is 13.3 Å². The van der Waals surface area contributed by atoms with E-state index in [2.05, 4.69) is 187 Å². The Hall–Kier alpha value is -15.9. The first kappa shape index (κ1) is 67.5. The predicted molar refractivity (Wildman–Crippen MR) is 486 cm³/mol. The lowest BCUT2D eigenvalue weighted by Gasteiger charge is -2.12. The molecule has 0 fully saturated rings. The second kappa shape index (κ2) is 26.9. The summed E-state index contributed by atoms with van der Waals surface area (Å²) in [6.07, 6.45) is 0. The van der Waals surface area contributed by atoms with Crippen molar-refractivity contribution in [1.82, 2.24) is 54.4 Å². The molecule has 0 unspecified atom stereocenters. The van der Waals surface area contributed by atoms with E-state index in [4.69, 9.17) is 63.1 Å². The lowest BCUT2D eigenvalue weighted by atomic mass is 9.96. The molecular weight excluding hydrogens is 1520 g/mol. The van der Waals surface area contributed by atoms with E-state index in [1.54, 1.807) is 22.7 Å². The first-order chi connectivity index (χ1) is 59.4. The van der Waals surface area contributed by atoms with Gasteiger partial charge in [0.25, 0.3) is 0 Å². The van der Waals surface area contributed by atoms with Crippen molar-refractivity contribution in [3.63, 3.8) is 0 Å². The second-order valence-corrected chi connectivity index (χ2v) is 32.2. The fourth-order valence-electron chi connectivity index (χ4n) is 17.4. The summed E-state index contributed by atoms with van der Waals surface area (Å²) in [5, 5.41) is 10.1. The van der Waals surface area contributed by atoms with Crippen LogP contribution >= 0.6 is 22.7 Å². The third-order valence-electron chi connectivity index (χ3n) is 22.9. The molecule has 15 aromatic carbocycles. The molecule has 120 heavy (non-hydrogen) atoms. The van der Waals surface area contributed by atoms with Gasteiger partial charge in [-0.1, -0.05) is 249 Å². The molecular formula is C104H57N11O3S2. The number of para-hydroxylation sites is 5. The zero-order chi connectivity index (χ0) is 78.6. The molecule has 0 amide bonds. The zero-order valence-corrected chi connectivity index (χ0v) is 65.0. The van der Waals surface area contributed by atoms with Gasteiger partial charge in [-0.05, 0) is 103 Å². The van der Waals surface area contributed by atoms with Gasteiger partial charge in [0.15, 0.2) is 57.8 Å². The zero-order valence-electron chi connectivity index (χ0n) is 63.4. The summed E-state index contributed by atoms with van der Waals surface area (Å²) >= 11 is 3.43. The average Bonchev–Trinajstić information content (AvgIpc) is 1.54. The maximum absolute atomic E-state index is 7.18. The fourth-order valence-corrected chi connectivity index (χ4v) is 19.7. The van der Waals surface area contributed by atoms with Crippen molar-refractivity contribution in [2.75, 3.05) is 0 Å². The van der Waals surface area contributed by atoms with Gasteiger partial charge in [0.2, 0.25) is 0 Å². The minimum absolute atomic E-state index is 0.527. The smallest absolute Gasteiger partial charge is 0.180 e. The highest BCUT2D eigenvalue weighted by Gasteiger charge is 2.28. The average molecular weight is 1570 g/mol. The molecule has 25 aromatic rings. The molecule has 14 nitrogen and oxygen atoms in total. The number of thiophene rings is 2. The molecule has 0 saturated carbocycles. The van der Waals surface area contributed by atoms with E-state index in [1.165, 1.54) is 5.39 Å². The number of fused-ring (bicyclic) bond motifs is 18. The number of furan rings is 3. The number of hydrogen-bond acceptors (Lipinski definition) is 15. The van der Waals surface area contributed by atoms with E-state index < -0.39 is 0 Å². The van der Waals surface area contributed by atoms with Gasteiger partial charge in [-0.3, -0.25) is 0 Å². The molecule has 0 N–H and O–H groups in total. The van der Waals surface area contributed by atoms with E-state index >= 15 is 0 Å². The molecule has 0 bridgehead atoms. The molecule has 0 spiro atoms. The minimum atomic E-state index is 0.527. The molecule has 0 aliphatic carbocycles. The highest BCUT2D eigenvalue weighted by Crippen LogP contribution is 2.49. The summed E-state index contributed by atoms with van der Waals surface area (Å²) in [4.78, 5) is 53.3. The number of aromatic nitrogens is 11. The minimum Gasteiger partial charge on any atom is -0.455 e. The normalized spacial score (nSPS) is 12.0. The molecule has 10 aromatic heterocycles. The number of rotatable bonds is 12. The van der Waals surface area contributed by atoms with Gasteiger partial charge in [-0.15, -0.1) is 22.7 Å². The molecule has 0 radical (unpaired) electrons. The van der Waals surface area contributed by atoms with Crippen LogP contribution in [0.3, 0.4) is 0 Å². The third kappa shape index (κ3) is 10.9. The maximum atomic E-state index is 7.18. The highest BCUT2D eigenvalue weighted by molar-refractivity contribution is 7.26. The Kier molecular flexibility index (Phi) is 15.1. The number of hydrogen-bond donors (Lipinski definition) is 0. The van der Waals surface area contributed by atoms with Gasteiger partial charge in [-0.25, -0.2) is 49.8 Å². The van der Waals surface area contributed by atoms with Crippen molar-refractivity contribution in [3.8, 4) is 130 Å². The molecule has 0 aliphatic heterocycles. The quantitative estimate of drug-likeness (QED) is 0.113. The Morgan fingerprint density at radius 3 is 1.20 bits per heavy atom. The summed E-state index contributed by atoms with van der Waals surface area (Å²) in [5.41, 5.74) is 20.8. The van der Waals surface area contributed by atoms with Gasteiger partial charge >= 0.3 is 0 Å².